The molecule has 0 heterocycles. The van der Waals surface area contributed by atoms with Crippen LogP contribution in [0, 0.1) is 20.2 Å². The van der Waals surface area contributed by atoms with E-state index in [-0.39, 0.29) is 11.4 Å². The van der Waals surface area contributed by atoms with Crippen LogP contribution in [0.15, 0.2) is 54.6 Å². The Labute approximate surface area is 125 Å². The number of non-ortho nitro benzene ring substituents is 2. The van der Waals surface area contributed by atoms with Crippen molar-refractivity contribution in [3.63, 3.8) is 0 Å². The fourth-order valence-corrected chi connectivity index (χ4v) is 1.58. The Balaban J connectivity index is 0.000000224. The molecule has 0 fully saturated rings. The van der Waals surface area contributed by atoms with Gasteiger partial charge in [0.1, 0.15) is 5.75 Å². The highest BCUT2D eigenvalue weighted by molar-refractivity contribution is 7.39. The van der Waals surface area contributed by atoms with Crippen molar-refractivity contribution in [1.29, 1.82) is 0 Å². The third kappa shape index (κ3) is 6.23. The van der Waals surface area contributed by atoms with E-state index in [1.54, 1.807) is 24.3 Å². The Hall–Kier alpha value is -2.61. The van der Waals surface area contributed by atoms with E-state index >= 15 is 0 Å². The maximum Gasteiger partial charge on any atom is 0.391 e. The quantitative estimate of drug-likeness (QED) is 0.500. The van der Waals surface area contributed by atoms with Gasteiger partial charge in [-0.1, -0.05) is 18.2 Å². The second kappa shape index (κ2) is 8.63. The van der Waals surface area contributed by atoms with Gasteiger partial charge in [0.2, 0.25) is 0 Å². The average Bonchev–Trinajstić information content (AvgIpc) is 2.48. The molecule has 0 aliphatic heterocycles. The van der Waals surface area contributed by atoms with Gasteiger partial charge in [0.15, 0.2) is 0 Å². The first kappa shape index (κ1) is 17.4. The lowest BCUT2D eigenvalue weighted by molar-refractivity contribution is -0.389. The lowest BCUT2D eigenvalue weighted by Gasteiger charge is -2.02. The molecule has 2 aromatic rings. The third-order valence-corrected chi connectivity index (χ3v) is 2.58. The van der Waals surface area contributed by atoms with Gasteiger partial charge in [-0.15, -0.1) is 0 Å². The van der Waals surface area contributed by atoms with Crippen LogP contribution in [-0.2, 0) is 0 Å². The summed E-state index contributed by atoms with van der Waals surface area (Å²) in [6.07, 6.45) is 0. The Morgan fingerprint density at radius 1 is 0.818 bits per heavy atom. The summed E-state index contributed by atoms with van der Waals surface area (Å²) in [5.74, 6) is 0.471. The van der Waals surface area contributed by atoms with E-state index in [4.69, 9.17) is 9.79 Å². The van der Waals surface area contributed by atoms with E-state index in [2.05, 4.69) is 4.52 Å². The van der Waals surface area contributed by atoms with E-state index in [1.807, 2.05) is 6.07 Å². The molecular formula is C12H11N2O7P. The van der Waals surface area contributed by atoms with Crippen LogP contribution in [-0.4, -0.2) is 19.6 Å². The molecule has 0 saturated carbocycles. The van der Waals surface area contributed by atoms with Crippen LogP contribution in [0.25, 0.3) is 0 Å². The molecule has 0 radical (unpaired) electrons. The zero-order chi connectivity index (χ0) is 16.5. The molecule has 0 spiro atoms. The number of hydrogen-bond donors (Lipinski definition) is 2. The minimum absolute atomic E-state index is 0.152. The maximum atomic E-state index is 10.1. The molecule has 9 nitrogen and oxygen atoms in total. The van der Waals surface area contributed by atoms with E-state index in [1.165, 1.54) is 0 Å². The molecule has 0 amide bonds. The number of nitrogens with zero attached hydrogens (tertiary/aromatic N) is 2. The predicted octanol–water partition coefficient (Wildman–Crippen LogP) is 2.78. The largest absolute Gasteiger partial charge is 0.427 e. The third-order valence-electron chi connectivity index (χ3n) is 2.20. The van der Waals surface area contributed by atoms with Gasteiger partial charge in [-0.2, -0.15) is 0 Å². The summed E-state index contributed by atoms with van der Waals surface area (Å²) >= 11 is 0. The van der Waals surface area contributed by atoms with Gasteiger partial charge in [-0.3, -0.25) is 20.2 Å². The topological polar surface area (TPSA) is 136 Å². The van der Waals surface area contributed by atoms with E-state index in [9.17, 15) is 20.2 Å². The van der Waals surface area contributed by atoms with Crippen molar-refractivity contribution in [3.05, 3.63) is 74.8 Å². The molecule has 2 rings (SSSR count). The van der Waals surface area contributed by atoms with Crippen LogP contribution in [0.1, 0.15) is 0 Å². The summed E-state index contributed by atoms with van der Waals surface area (Å²) in [7, 11) is -2.28. The van der Waals surface area contributed by atoms with Crippen molar-refractivity contribution in [2.45, 2.75) is 0 Å². The lowest BCUT2D eigenvalue weighted by Crippen LogP contribution is -1.90. The van der Waals surface area contributed by atoms with Crippen molar-refractivity contribution in [1.82, 2.24) is 0 Å². The van der Waals surface area contributed by atoms with Crippen LogP contribution in [0.2, 0.25) is 0 Å². The zero-order valence-electron chi connectivity index (χ0n) is 11.0. The first-order valence-corrected chi connectivity index (χ1v) is 6.86. The molecular weight excluding hydrogens is 315 g/mol. The maximum absolute atomic E-state index is 10.1. The fourth-order valence-electron chi connectivity index (χ4n) is 1.27. The van der Waals surface area contributed by atoms with Crippen LogP contribution < -0.4 is 4.52 Å². The van der Waals surface area contributed by atoms with Gasteiger partial charge >= 0.3 is 8.60 Å². The summed E-state index contributed by atoms with van der Waals surface area (Å²) in [6.45, 7) is 0. The van der Waals surface area contributed by atoms with Crippen molar-refractivity contribution in [2.24, 2.45) is 0 Å². The molecule has 10 heteroatoms. The van der Waals surface area contributed by atoms with Gasteiger partial charge in [0, 0.05) is 24.3 Å². The Kier molecular flexibility index (Phi) is 6.84. The lowest BCUT2D eigenvalue weighted by atomic mass is 10.3. The van der Waals surface area contributed by atoms with Gasteiger partial charge in [-0.05, 0) is 12.1 Å². The SMILES string of the molecule is O=[N+]([O-])c1ccc([N+](=O)[O-])cc1.OP(O)Oc1ccccc1. The molecule has 0 saturated heterocycles. The van der Waals surface area contributed by atoms with Crippen molar-refractivity contribution in [2.75, 3.05) is 0 Å². The smallest absolute Gasteiger partial charge is 0.391 e. The normalized spacial score (nSPS) is 9.59. The Morgan fingerprint density at radius 2 is 1.23 bits per heavy atom. The Bertz CT molecular complexity index is 586. The van der Waals surface area contributed by atoms with Crippen molar-refractivity contribution in [3.8, 4) is 5.75 Å². The molecule has 0 aromatic heterocycles. The molecule has 0 bridgehead atoms. The van der Waals surface area contributed by atoms with Crippen LogP contribution in [0.3, 0.4) is 0 Å². The standard InChI is InChI=1S/C6H4N2O4.C6H7O3P/c9-7(10)5-1-2-6(4-3-5)8(11)12;7-10(8)9-6-4-2-1-3-5-6/h1-4H;1-5,7-8H. The molecule has 2 N–H and O–H groups in total. The number of rotatable bonds is 4. The zero-order valence-corrected chi connectivity index (χ0v) is 11.9. The van der Waals surface area contributed by atoms with Crippen LogP contribution in [0.4, 0.5) is 11.4 Å². The minimum atomic E-state index is -2.28. The molecule has 2 aromatic carbocycles. The first-order valence-electron chi connectivity index (χ1n) is 5.70. The van der Waals surface area contributed by atoms with Crippen molar-refractivity contribution >= 4 is 20.0 Å². The van der Waals surface area contributed by atoms with Gasteiger partial charge < -0.3 is 14.3 Å². The second-order valence-corrected chi connectivity index (χ2v) is 4.38. The highest BCUT2D eigenvalue weighted by Crippen LogP contribution is 2.27. The average molecular weight is 326 g/mol. The highest BCUT2D eigenvalue weighted by Gasteiger charge is 2.08. The molecule has 0 atom stereocenters. The number of hydrogen-bond acceptors (Lipinski definition) is 7. The van der Waals surface area contributed by atoms with Crippen molar-refractivity contribution < 1.29 is 24.2 Å². The predicted molar refractivity (Wildman–Crippen MR) is 78.2 cm³/mol. The summed E-state index contributed by atoms with van der Waals surface area (Å²) in [5.41, 5.74) is -0.304. The van der Waals surface area contributed by atoms with E-state index < -0.39 is 18.4 Å². The van der Waals surface area contributed by atoms with Gasteiger partial charge in [0.25, 0.3) is 11.4 Å². The monoisotopic (exact) mass is 326 g/mol. The van der Waals surface area contributed by atoms with Crippen LogP contribution >= 0.6 is 8.60 Å². The summed E-state index contributed by atoms with van der Waals surface area (Å²) in [6, 6.07) is 13.0. The Morgan fingerprint density at radius 3 is 1.55 bits per heavy atom. The molecule has 22 heavy (non-hydrogen) atoms. The summed E-state index contributed by atoms with van der Waals surface area (Å²) < 4.78 is 4.59. The van der Waals surface area contributed by atoms with E-state index in [0.29, 0.717) is 5.75 Å². The number of nitro groups is 2. The fraction of sp³-hybridized carbons (Fsp3) is 0. The minimum Gasteiger partial charge on any atom is -0.427 e. The summed E-state index contributed by atoms with van der Waals surface area (Å²) in [5, 5.41) is 20.2. The number of nitro benzene ring substituents is 2. The van der Waals surface area contributed by atoms with Crippen LogP contribution in [0.5, 0.6) is 5.75 Å². The molecule has 0 aliphatic rings. The number of benzene rings is 2. The summed E-state index contributed by atoms with van der Waals surface area (Å²) in [4.78, 5) is 35.8. The molecule has 116 valence electrons. The van der Waals surface area contributed by atoms with Gasteiger partial charge in [-0.25, -0.2) is 0 Å². The van der Waals surface area contributed by atoms with Gasteiger partial charge in [0.05, 0.1) is 9.85 Å². The van der Waals surface area contributed by atoms with E-state index in [0.717, 1.165) is 24.3 Å². The molecule has 0 unspecified atom stereocenters. The molecule has 0 aliphatic carbocycles. The highest BCUT2D eigenvalue weighted by atomic mass is 31.2. The number of para-hydroxylation sites is 1. The first-order chi connectivity index (χ1) is 10.4. The second-order valence-electron chi connectivity index (χ2n) is 3.69.